The Bertz CT molecular complexity index is 3890. The average molecular weight is 1580 g/mol. The number of nitrogens with zero attached hydrogens (tertiary/aromatic N) is 9. The van der Waals surface area contributed by atoms with Crippen molar-refractivity contribution in [2.45, 2.75) is 276 Å². The molecule has 36 nitrogen and oxygen atoms in total. The van der Waals surface area contributed by atoms with Crippen LogP contribution in [-0.2, 0) is 16.6 Å². The zero-order valence-corrected chi connectivity index (χ0v) is 70.2. The lowest BCUT2D eigenvalue weighted by Crippen LogP contribution is -2.34. The van der Waals surface area contributed by atoms with E-state index in [0.717, 1.165) is 66.7 Å². The molecule has 5 amide bonds. The molecule has 628 valence electrons. The van der Waals surface area contributed by atoms with Crippen molar-refractivity contribution in [3.05, 3.63) is 93.7 Å². The number of nitrogens with two attached hydrogens (primary N) is 1. The Kier molecular flexibility index (Phi) is 42.3. The number of carbonyl (C=O) groups excluding carboxylic acids is 7. The number of aliphatic imine (C=N–C) groups is 3. The van der Waals surface area contributed by atoms with Crippen LogP contribution >= 0.6 is 0 Å². The van der Waals surface area contributed by atoms with E-state index in [0.29, 0.717) is 114 Å². The highest BCUT2D eigenvalue weighted by atomic mass is 16.3. The maximum Gasteiger partial charge on any atom is 0.271 e. The molecule has 3 atom stereocenters. The molecule has 0 unspecified atom stereocenters. The van der Waals surface area contributed by atoms with Gasteiger partial charge in [-0.2, -0.15) is 25.5 Å². The van der Waals surface area contributed by atoms with E-state index in [2.05, 4.69) is 179 Å². The van der Waals surface area contributed by atoms with Crippen molar-refractivity contribution >= 4 is 87.7 Å². The molecule has 0 spiro atoms. The van der Waals surface area contributed by atoms with Gasteiger partial charge in [-0.25, -0.2) is 0 Å². The highest BCUT2D eigenvalue weighted by Gasteiger charge is 2.27. The first kappa shape index (κ1) is 96.4. The van der Waals surface area contributed by atoms with Crippen molar-refractivity contribution in [3.63, 3.8) is 0 Å². The highest BCUT2D eigenvalue weighted by molar-refractivity contribution is 6.07. The van der Waals surface area contributed by atoms with Crippen LogP contribution in [-0.4, -0.2) is 223 Å². The Morgan fingerprint density at radius 2 is 0.788 bits per heavy atom. The minimum Gasteiger partial charge on any atom is -0.393 e. The first-order chi connectivity index (χ1) is 53.0. The standard InChI is InChI=1S/C13H21N3O.C11H19N3O2.C11H17N3O.2C9H16N4O2.C9H15N3O.C8H14N2.C7H12N4O/c1-9(2)15-12-7-10(8-14-12)13(17)16-11-5-3-4-6-11;1-7(2)12-11-6-9(13-14-11)10(16)5-4-8(3)15;1-7(2)13-10-5-8(6-12-10)11(15)14-9-3-4-9;2*1-5(2)10-8-4-7(12-13-8)9(15)11-6(3)14;1-6(2)10-9-5-8(7(3)13)12(4)11-9;1-6(2)10-8-4-7(3)5-9-8;1-4(2)9-6-3-5(7(8)12)10-11-6/h7,9,11H,3-6,8H2,1-2H3,(H,14,15)(H,16,17);6-8,15H,4-5H2,1-3H3,(H2,12,13,14);5,7,9H,3-4,6H2,1-2H3,(H,12,13)(H,14,15);2*4-6,14H,1-3H3,(H,11,15)(H2,10,12,13);5-6H,1-4H3,(H,10,11);4,6H,5H2,1-3H3,(H,9,10);3-4H,1-2H3,(H2,8,12)(H2,9,10,11)/t;8-;;2*6-;;;/m.0.10.../s1. The number of hydrogen-bond donors (Lipinski definition) is 20. The molecule has 0 aromatic carbocycles. The first-order valence-corrected chi connectivity index (χ1v) is 38.8. The van der Waals surface area contributed by atoms with E-state index in [1.54, 1.807) is 49.0 Å². The molecule has 5 aromatic rings. The summed E-state index contributed by atoms with van der Waals surface area (Å²) in [7, 11) is 1.77. The number of aliphatic hydroxyl groups is 3. The summed E-state index contributed by atoms with van der Waals surface area (Å²) in [5.41, 5.74) is 9.97. The Labute approximate surface area is 665 Å². The van der Waals surface area contributed by atoms with Gasteiger partial charge in [0.15, 0.2) is 11.6 Å². The summed E-state index contributed by atoms with van der Waals surface area (Å²) in [5, 5.41) is 92.9. The maximum absolute atomic E-state index is 12.0. The summed E-state index contributed by atoms with van der Waals surface area (Å²) in [6.07, 6.45) is 11.4. The molecule has 0 radical (unpaired) electrons. The number of H-pyrrole nitrogens is 4. The fourth-order valence-corrected chi connectivity index (χ4v) is 10.1. The van der Waals surface area contributed by atoms with Crippen molar-refractivity contribution in [2.24, 2.45) is 27.8 Å². The Morgan fingerprint density at radius 3 is 1.11 bits per heavy atom. The van der Waals surface area contributed by atoms with Crippen LogP contribution < -0.4 is 69.5 Å². The number of rotatable bonds is 27. The lowest BCUT2D eigenvalue weighted by molar-refractivity contribution is -0.118. The van der Waals surface area contributed by atoms with Gasteiger partial charge in [0.05, 0.1) is 25.7 Å². The molecule has 5 aromatic heterocycles. The average Bonchev–Trinajstić information content (AvgIpc) is 1.75. The number of Topliss-reactive ketones (excluding diaryl/α,β-unsaturated/α-hetero) is 2. The second-order valence-corrected chi connectivity index (χ2v) is 30.3. The van der Waals surface area contributed by atoms with Gasteiger partial charge in [0.25, 0.3) is 17.7 Å². The summed E-state index contributed by atoms with van der Waals surface area (Å²) < 4.78 is 1.59. The summed E-state index contributed by atoms with van der Waals surface area (Å²) in [6, 6.07) is 11.6. The molecule has 5 aliphatic rings. The van der Waals surface area contributed by atoms with Crippen LogP contribution in [0.4, 0.5) is 29.1 Å². The molecule has 21 N–H and O–H groups in total. The molecule has 36 heteroatoms. The molecule has 8 heterocycles. The molecule has 2 aliphatic carbocycles. The number of nitrogens with one attached hydrogen (secondary N) is 16. The smallest absolute Gasteiger partial charge is 0.271 e. The molecular weight excluding hydrogens is 1450 g/mol. The van der Waals surface area contributed by atoms with Crippen molar-refractivity contribution in [3.8, 4) is 0 Å². The van der Waals surface area contributed by atoms with Crippen LogP contribution in [0, 0.1) is 0 Å². The minimum absolute atomic E-state index is 0.0230. The summed E-state index contributed by atoms with van der Waals surface area (Å²) >= 11 is 0. The van der Waals surface area contributed by atoms with Gasteiger partial charge in [-0.15, -0.1) is 0 Å². The number of aromatic nitrogens is 10. The van der Waals surface area contributed by atoms with E-state index in [4.69, 9.17) is 21.1 Å². The molecule has 2 saturated carbocycles. The molecular formula is C77H130N26O10. The van der Waals surface area contributed by atoms with E-state index in [1.165, 1.54) is 39.2 Å². The lowest BCUT2D eigenvalue weighted by Gasteiger charge is -2.11. The highest BCUT2D eigenvalue weighted by Crippen LogP contribution is 2.21. The Hall–Kier alpha value is -10.7. The number of aryl methyl sites for hydroxylation is 1. The van der Waals surface area contributed by atoms with Crippen LogP contribution in [0.2, 0.25) is 0 Å². The minimum atomic E-state index is -0.873. The number of carbonyl (C=O) groups is 7. The molecule has 3 aliphatic heterocycles. The van der Waals surface area contributed by atoms with Crippen LogP contribution in [0.5, 0.6) is 0 Å². The van der Waals surface area contributed by atoms with E-state index in [1.807, 2.05) is 81.4 Å². The summed E-state index contributed by atoms with van der Waals surface area (Å²) in [6.45, 7) is 42.5. The van der Waals surface area contributed by atoms with Gasteiger partial charge in [-0.3, -0.25) is 73.6 Å². The number of hydrogen-bond acceptors (Lipinski definition) is 26. The number of ketones is 2. The van der Waals surface area contributed by atoms with Gasteiger partial charge in [0.2, 0.25) is 11.8 Å². The molecule has 10 rings (SSSR count). The third-order valence-corrected chi connectivity index (χ3v) is 15.1. The summed E-state index contributed by atoms with van der Waals surface area (Å²) in [5.74, 6) is 4.83. The van der Waals surface area contributed by atoms with Gasteiger partial charge in [-0.1, -0.05) is 12.8 Å². The number of primary amides is 1. The second-order valence-electron chi connectivity index (χ2n) is 30.3. The predicted molar refractivity (Wildman–Crippen MR) is 447 cm³/mol. The number of aliphatic hydroxyl groups excluding tert-OH is 3. The van der Waals surface area contributed by atoms with Crippen LogP contribution in [0.1, 0.15) is 249 Å². The van der Waals surface area contributed by atoms with Crippen molar-refractivity contribution in [1.82, 2.24) is 87.8 Å². The van der Waals surface area contributed by atoms with Crippen LogP contribution in [0.25, 0.3) is 0 Å². The van der Waals surface area contributed by atoms with Crippen molar-refractivity contribution in [1.29, 1.82) is 0 Å². The van der Waals surface area contributed by atoms with E-state index in [-0.39, 0.29) is 59.4 Å². The quantitative estimate of drug-likeness (QED) is 0.0181. The number of aromatic amines is 4. The normalized spacial score (nSPS) is 14.7. The Balaban J connectivity index is 0.000000336. The lowest BCUT2D eigenvalue weighted by atomic mass is 10.1. The van der Waals surface area contributed by atoms with Crippen LogP contribution in [0.15, 0.2) is 80.3 Å². The fraction of sp³-hybridized carbons (Fsp3) is 0.597. The predicted octanol–water partition coefficient (Wildman–Crippen LogP) is 7.27. The van der Waals surface area contributed by atoms with Gasteiger partial charge < -0.3 is 84.9 Å². The molecule has 2 fully saturated rings. The topological polar surface area (TPSA) is 520 Å². The van der Waals surface area contributed by atoms with Gasteiger partial charge in [0, 0.05) is 122 Å². The second kappa shape index (κ2) is 49.6. The van der Waals surface area contributed by atoms with Gasteiger partial charge in [-0.05, 0) is 194 Å². The molecule has 0 saturated heterocycles. The van der Waals surface area contributed by atoms with Gasteiger partial charge in [0.1, 0.15) is 87.5 Å². The fourth-order valence-electron chi connectivity index (χ4n) is 10.1. The molecule has 0 bridgehead atoms. The third kappa shape index (κ3) is 41.4. The zero-order valence-electron chi connectivity index (χ0n) is 70.2. The monoisotopic (exact) mass is 1580 g/mol. The van der Waals surface area contributed by atoms with Crippen molar-refractivity contribution in [2.75, 3.05) is 46.2 Å². The number of anilines is 5. The first-order valence-electron chi connectivity index (χ1n) is 38.8. The van der Waals surface area contributed by atoms with Gasteiger partial charge >= 0.3 is 0 Å². The number of amides is 5. The van der Waals surface area contributed by atoms with Crippen molar-refractivity contribution < 1.29 is 48.9 Å². The Morgan fingerprint density at radius 1 is 0.451 bits per heavy atom. The SMILES string of the molecule is CC(=O)c1cc(NC(C)C)nn1C.CC(C)NC1=NCC(C(=O)NC2CC2)=C1.CC(C)NC1=NCC(C(=O)NC2CCCC2)=C1.CC(C)Nc1cc(C(=O)CC[C@H](C)O)[nH]n1.CC(C)Nc1cc(C(=O)N[C@@H](C)O)[nH]n1.CC(C)Nc1cc(C(=O)N[C@H](C)O)[nH]n1.CC(C)Nc1cc(C(N)=O)[nH]n1.CC1=CC(NC(C)C)=NC1. The maximum atomic E-state index is 12.0. The zero-order chi connectivity index (χ0) is 84.8. The van der Waals surface area contributed by atoms with Crippen LogP contribution in [0.3, 0.4) is 0 Å². The van der Waals surface area contributed by atoms with E-state index >= 15 is 0 Å². The van der Waals surface area contributed by atoms with E-state index in [9.17, 15) is 33.6 Å². The number of amidine groups is 3. The molecule has 113 heavy (non-hydrogen) atoms. The summed E-state index contributed by atoms with van der Waals surface area (Å²) in [4.78, 5) is 92.5. The third-order valence-electron chi connectivity index (χ3n) is 15.1. The largest absolute Gasteiger partial charge is 0.393 e. The van der Waals surface area contributed by atoms with E-state index < -0.39 is 24.5 Å².